The molecule has 14 heavy (non-hydrogen) atoms. The Morgan fingerprint density at radius 3 is 2.43 bits per heavy atom. The number of carboxylic acid groups (broad SMARTS) is 1. The van der Waals surface area contributed by atoms with Gasteiger partial charge >= 0.3 is 5.97 Å². The summed E-state index contributed by atoms with van der Waals surface area (Å²) in [4.78, 5) is 21.1. The van der Waals surface area contributed by atoms with Crippen molar-refractivity contribution in [1.82, 2.24) is 10.6 Å². The Hall–Kier alpha value is -1.10. The van der Waals surface area contributed by atoms with Gasteiger partial charge in [0.1, 0.15) is 6.04 Å². The summed E-state index contributed by atoms with van der Waals surface area (Å²) in [6.45, 7) is 2.08. The monoisotopic (exact) mass is 202 g/mol. The first-order valence-electron chi connectivity index (χ1n) is 4.72. The van der Waals surface area contributed by atoms with Gasteiger partial charge in [-0.05, 0) is 26.3 Å². The van der Waals surface area contributed by atoms with Crippen LogP contribution in [0.3, 0.4) is 0 Å². The van der Waals surface area contributed by atoms with Gasteiger partial charge < -0.3 is 15.7 Å². The summed E-state index contributed by atoms with van der Waals surface area (Å²) in [6, 6.07) is -0.479. The Labute approximate surface area is 83.9 Å². The predicted octanol–water partition coefficient (Wildman–Crippen LogP) is -0.0346. The average Bonchev–Trinajstić information content (AvgIpc) is 2.10. The smallest absolute Gasteiger partial charge is 0.320 e. The van der Waals surface area contributed by atoms with Crippen molar-refractivity contribution in [3.05, 3.63) is 0 Å². The van der Waals surface area contributed by atoms with E-state index in [9.17, 15) is 9.59 Å². The lowest BCUT2D eigenvalue weighted by molar-refractivity contribution is -0.139. The van der Waals surface area contributed by atoms with Crippen molar-refractivity contribution in [3.8, 4) is 0 Å². The van der Waals surface area contributed by atoms with E-state index in [2.05, 4.69) is 10.6 Å². The number of carbonyl (C=O) groups excluding carboxylic acids is 1. The van der Waals surface area contributed by atoms with Crippen molar-refractivity contribution in [2.24, 2.45) is 0 Å². The maximum atomic E-state index is 10.6. The minimum absolute atomic E-state index is 0.0478. The highest BCUT2D eigenvalue weighted by Gasteiger charge is 2.13. The van der Waals surface area contributed by atoms with Crippen molar-refractivity contribution in [3.63, 3.8) is 0 Å². The number of nitrogens with one attached hydrogen (secondary N) is 2. The van der Waals surface area contributed by atoms with Gasteiger partial charge in [-0.25, -0.2) is 0 Å². The Bertz CT molecular complexity index is 194. The molecule has 0 saturated heterocycles. The number of carbonyl (C=O) groups is 2. The van der Waals surface area contributed by atoms with Gasteiger partial charge in [-0.1, -0.05) is 0 Å². The Morgan fingerprint density at radius 1 is 1.36 bits per heavy atom. The first kappa shape index (κ1) is 12.9. The predicted molar refractivity (Wildman–Crippen MR) is 53.0 cm³/mol. The van der Waals surface area contributed by atoms with Gasteiger partial charge in [-0.15, -0.1) is 0 Å². The van der Waals surface area contributed by atoms with Crippen LogP contribution < -0.4 is 10.6 Å². The van der Waals surface area contributed by atoms with E-state index in [1.807, 2.05) is 0 Å². The SMILES string of the molecule is CNC(CCCCNC(C)=O)C(=O)O. The van der Waals surface area contributed by atoms with Gasteiger partial charge in [-0.2, -0.15) is 0 Å². The largest absolute Gasteiger partial charge is 0.480 e. The Kier molecular flexibility index (Phi) is 6.74. The zero-order chi connectivity index (χ0) is 11.0. The summed E-state index contributed by atoms with van der Waals surface area (Å²) in [7, 11) is 1.63. The molecule has 0 aromatic rings. The standard InChI is InChI=1S/C9H18N2O3/c1-7(12)11-6-4-3-5-8(10-2)9(13)14/h8,10H,3-6H2,1-2H3,(H,11,12)(H,13,14). The molecule has 82 valence electrons. The molecular formula is C9H18N2O3. The zero-order valence-corrected chi connectivity index (χ0v) is 8.67. The van der Waals surface area contributed by atoms with Crippen LogP contribution in [0, 0.1) is 0 Å². The molecule has 0 radical (unpaired) electrons. The average molecular weight is 202 g/mol. The second kappa shape index (κ2) is 7.32. The first-order valence-corrected chi connectivity index (χ1v) is 4.72. The quantitative estimate of drug-likeness (QED) is 0.506. The molecule has 0 bridgehead atoms. The van der Waals surface area contributed by atoms with Gasteiger partial charge in [-0.3, -0.25) is 9.59 Å². The number of unbranched alkanes of at least 4 members (excludes halogenated alkanes) is 1. The number of aliphatic carboxylic acids is 1. The van der Waals surface area contributed by atoms with Crippen molar-refractivity contribution in [2.45, 2.75) is 32.2 Å². The molecule has 1 atom stereocenters. The van der Waals surface area contributed by atoms with Gasteiger partial charge in [0.25, 0.3) is 0 Å². The molecule has 0 aliphatic heterocycles. The zero-order valence-electron chi connectivity index (χ0n) is 8.67. The molecule has 0 saturated carbocycles. The fourth-order valence-corrected chi connectivity index (χ4v) is 1.13. The van der Waals surface area contributed by atoms with Crippen LogP contribution in [-0.4, -0.2) is 36.6 Å². The molecule has 5 heteroatoms. The summed E-state index contributed by atoms with van der Waals surface area (Å²) in [5.74, 6) is -0.875. The van der Waals surface area contributed by atoms with Crippen LogP contribution in [0.5, 0.6) is 0 Å². The van der Waals surface area contributed by atoms with Gasteiger partial charge in [0.2, 0.25) is 5.91 Å². The fourth-order valence-electron chi connectivity index (χ4n) is 1.13. The summed E-state index contributed by atoms with van der Waals surface area (Å²) in [5.41, 5.74) is 0. The highest BCUT2D eigenvalue weighted by Crippen LogP contribution is 2.00. The lowest BCUT2D eigenvalue weighted by Gasteiger charge is -2.10. The van der Waals surface area contributed by atoms with Gasteiger partial charge in [0, 0.05) is 13.5 Å². The van der Waals surface area contributed by atoms with E-state index in [4.69, 9.17) is 5.11 Å². The molecular weight excluding hydrogens is 184 g/mol. The van der Waals surface area contributed by atoms with Crippen LogP contribution in [0.2, 0.25) is 0 Å². The van der Waals surface area contributed by atoms with E-state index in [1.54, 1.807) is 7.05 Å². The number of hydrogen-bond donors (Lipinski definition) is 3. The molecule has 1 unspecified atom stereocenters. The summed E-state index contributed by atoms with van der Waals surface area (Å²) >= 11 is 0. The van der Waals surface area contributed by atoms with Crippen LogP contribution >= 0.6 is 0 Å². The molecule has 0 aromatic heterocycles. The van der Waals surface area contributed by atoms with E-state index >= 15 is 0 Å². The molecule has 1 amide bonds. The summed E-state index contributed by atoms with van der Waals surface area (Å²) in [5, 5.41) is 14.1. The minimum atomic E-state index is -0.827. The third kappa shape index (κ3) is 6.42. The molecule has 3 N–H and O–H groups in total. The van der Waals surface area contributed by atoms with Crippen LogP contribution in [0.15, 0.2) is 0 Å². The Balaban J connectivity index is 3.42. The Morgan fingerprint density at radius 2 is 2.00 bits per heavy atom. The molecule has 0 heterocycles. The topological polar surface area (TPSA) is 78.4 Å². The molecule has 0 aliphatic carbocycles. The second-order valence-electron chi connectivity index (χ2n) is 3.16. The van der Waals surface area contributed by atoms with E-state index in [0.29, 0.717) is 13.0 Å². The molecule has 0 fully saturated rings. The van der Waals surface area contributed by atoms with E-state index < -0.39 is 12.0 Å². The number of likely N-dealkylation sites (N-methyl/N-ethyl adjacent to an activating group) is 1. The maximum Gasteiger partial charge on any atom is 0.320 e. The first-order chi connectivity index (χ1) is 6.57. The number of rotatable bonds is 7. The number of hydrogen-bond acceptors (Lipinski definition) is 3. The normalized spacial score (nSPS) is 12.1. The van der Waals surface area contributed by atoms with Crippen molar-refractivity contribution in [1.29, 1.82) is 0 Å². The van der Waals surface area contributed by atoms with Crippen LogP contribution in [0.25, 0.3) is 0 Å². The van der Waals surface area contributed by atoms with Crippen LogP contribution in [0.4, 0.5) is 0 Å². The van der Waals surface area contributed by atoms with Gasteiger partial charge in [0.15, 0.2) is 0 Å². The lowest BCUT2D eigenvalue weighted by atomic mass is 10.1. The van der Waals surface area contributed by atoms with Crippen LogP contribution in [0.1, 0.15) is 26.2 Å². The van der Waals surface area contributed by atoms with Gasteiger partial charge in [0.05, 0.1) is 0 Å². The van der Waals surface area contributed by atoms with Crippen molar-refractivity contribution >= 4 is 11.9 Å². The third-order valence-corrected chi connectivity index (χ3v) is 1.94. The molecule has 0 spiro atoms. The minimum Gasteiger partial charge on any atom is -0.480 e. The van der Waals surface area contributed by atoms with Crippen molar-refractivity contribution < 1.29 is 14.7 Å². The highest BCUT2D eigenvalue weighted by molar-refractivity contribution is 5.73. The lowest BCUT2D eigenvalue weighted by Crippen LogP contribution is -2.33. The summed E-state index contributed by atoms with van der Waals surface area (Å²) < 4.78 is 0. The van der Waals surface area contributed by atoms with E-state index in [-0.39, 0.29) is 5.91 Å². The summed E-state index contributed by atoms with van der Waals surface area (Å²) in [6.07, 6.45) is 2.19. The molecule has 5 nitrogen and oxygen atoms in total. The molecule has 0 aromatic carbocycles. The number of amides is 1. The number of carboxylic acids is 1. The molecule has 0 rings (SSSR count). The molecule has 0 aliphatic rings. The third-order valence-electron chi connectivity index (χ3n) is 1.94. The highest BCUT2D eigenvalue weighted by atomic mass is 16.4. The maximum absolute atomic E-state index is 10.6. The van der Waals surface area contributed by atoms with E-state index in [1.165, 1.54) is 6.92 Å². The fraction of sp³-hybridized carbons (Fsp3) is 0.778. The van der Waals surface area contributed by atoms with Crippen molar-refractivity contribution in [2.75, 3.05) is 13.6 Å². The second-order valence-corrected chi connectivity index (χ2v) is 3.16. The van der Waals surface area contributed by atoms with Crippen LogP contribution in [-0.2, 0) is 9.59 Å². The van der Waals surface area contributed by atoms with E-state index in [0.717, 1.165) is 12.8 Å².